The maximum Gasteiger partial charge on any atom is 0.251 e. The molecular weight excluding hydrogens is 314 g/mol. The van der Waals surface area contributed by atoms with Crippen LogP contribution < -0.4 is 15.5 Å². The smallest absolute Gasteiger partial charge is 0.251 e. The van der Waals surface area contributed by atoms with E-state index in [2.05, 4.69) is 39.3 Å². The minimum absolute atomic E-state index is 0.0704. The van der Waals surface area contributed by atoms with E-state index in [1.165, 1.54) is 12.8 Å². The molecule has 134 valence electrons. The Kier molecular flexibility index (Phi) is 7.69. The van der Waals surface area contributed by atoms with E-state index in [1.807, 2.05) is 24.3 Å². The fourth-order valence-corrected chi connectivity index (χ4v) is 2.49. The number of amides is 1. The molecule has 25 heavy (non-hydrogen) atoms. The van der Waals surface area contributed by atoms with Gasteiger partial charge in [-0.25, -0.2) is 9.97 Å². The first-order valence-corrected chi connectivity index (χ1v) is 8.88. The SMILES string of the molecule is CCCCN(CC)c1ccc(C(=O)NCCNc2ncccn2)cc1. The third-order valence-corrected chi connectivity index (χ3v) is 3.92. The Bertz CT molecular complexity index is 630. The van der Waals surface area contributed by atoms with E-state index in [9.17, 15) is 4.79 Å². The number of nitrogens with zero attached hydrogens (tertiary/aromatic N) is 3. The number of nitrogens with one attached hydrogen (secondary N) is 2. The lowest BCUT2D eigenvalue weighted by Gasteiger charge is -2.23. The summed E-state index contributed by atoms with van der Waals surface area (Å²) in [4.78, 5) is 22.7. The molecule has 0 aliphatic carbocycles. The Hall–Kier alpha value is -2.63. The second kappa shape index (κ2) is 10.3. The lowest BCUT2D eigenvalue weighted by molar-refractivity contribution is 0.0955. The van der Waals surface area contributed by atoms with E-state index in [-0.39, 0.29) is 5.91 Å². The number of unbranched alkanes of at least 4 members (excludes halogenated alkanes) is 1. The molecule has 0 spiro atoms. The molecule has 0 atom stereocenters. The van der Waals surface area contributed by atoms with E-state index in [0.717, 1.165) is 18.8 Å². The van der Waals surface area contributed by atoms with Gasteiger partial charge in [0.15, 0.2) is 0 Å². The molecule has 1 aromatic heterocycles. The summed E-state index contributed by atoms with van der Waals surface area (Å²) in [6.07, 6.45) is 5.71. The van der Waals surface area contributed by atoms with E-state index in [4.69, 9.17) is 0 Å². The van der Waals surface area contributed by atoms with Crippen molar-refractivity contribution in [3.8, 4) is 0 Å². The summed E-state index contributed by atoms with van der Waals surface area (Å²) in [5.41, 5.74) is 1.83. The van der Waals surface area contributed by atoms with E-state index >= 15 is 0 Å². The highest BCUT2D eigenvalue weighted by Gasteiger charge is 2.07. The summed E-state index contributed by atoms with van der Waals surface area (Å²) in [6.45, 7) is 7.45. The summed E-state index contributed by atoms with van der Waals surface area (Å²) in [6, 6.07) is 9.56. The number of anilines is 2. The molecule has 0 unspecified atom stereocenters. The van der Waals surface area contributed by atoms with Crippen LogP contribution >= 0.6 is 0 Å². The molecule has 2 N–H and O–H groups in total. The van der Waals surface area contributed by atoms with Crippen LogP contribution in [-0.2, 0) is 0 Å². The van der Waals surface area contributed by atoms with Crippen molar-refractivity contribution in [2.45, 2.75) is 26.7 Å². The zero-order valence-electron chi connectivity index (χ0n) is 15.0. The molecule has 1 aromatic carbocycles. The van der Waals surface area contributed by atoms with Crippen LogP contribution in [0.25, 0.3) is 0 Å². The highest BCUT2D eigenvalue weighted by molar-refractivity contribution is 5.94. The molecule has 2 rings (SSSR count). The molecule has 6 heteroatoms. The summed E-state index contributed by atoms with van der Waals surface area (Å²) < 4.78 is 0. The van der Waals surface area contributed by atoms with Crippen LogP contribution in [0.3, 0.4) is 0 Å². The lowest BCUT2D eigenvalue weighted by atomic mass is 10.1. The molecule has 0 radical (unpaired) electrons. The van der Waals surface area contributed by atoms with Gasteiger partial charge in [-0.2, -0.15) is 0 Å². The standard InChI is InChI=1S/C19H27N5O/c1-3-5-15-24(4-2)17-9-7-16(8-10-17)18(25)20-13-14-23-19-21-11-6-12-22-19/h6-12H,3-5,13-15H2,1-2H3,(H,20,25)(H,21,22,23). The van der Waals surface area contributed by atoms with Crippen molar-refractivity contribution < 1.29 is 4.79 Å². The van der Waals surface area contributed by atoms with Gasteiger partial charge in [0.25, 0.3) is 5.91 Å². The number of carbonyl (C=O) groups is 1. The first-order valence-electron chi connectivity index (χ1n) is 8.88. The molecule has 1 heterocycles. The van der Waals surface area contributed by atoms with Crippen LogP contribution in [0.2, 0.25) is 0 Å². The second-order valence-corrected chi connectivity index (χ2v) is 5.74. The van der Waals surface area contributed by atoms with Crippen LogP contribution in [-0.4, -0.2) is 42.1 Å². The Morgan fingerprint density at radius 1 is 1.08 bits per heavy atom. The van der Waals surface area contributed by atoms with Gasteiger partial charge in [0.1, 0.15) is 0 Å². The van der Waals surface area contributed by atoms with E-state index < -0.39 is 0 Å². The van der Waals surface area contributed by atoms with Crippen LogP contribution in [0.4, 0.5) is 11.6 Å². The highest BCUT2D eigenvalue weighted by Crippen LogP contribution is 2.16. The van der Waals surface area contributed by atoms with Crippen LogP contribution in [0.15, 0.2) is 42.7 Å². The average Bonchev–Trinajstić information content (AvgIpc) is 2.67. The fourth-order valence-electron chi connectivity index (χ4n) is 2.49. The second-order valence-electron chi connectivity index (χ2n) is 5.74. The molecule has 0 aliphatic heterocycles. The van der Waals surface area contributed by atoms with Gasteiger partial charge in [-0.3, -0.25) is 4.79 Å². The van der Waals surface area contributed by atoms with Gasteiger partial charge >= 0.3 is 0 Å². The summed E-state index contributed by atoms with van der Waals surface area (Å²) in [7, 11) is 0. The van der Waals surface area contributed by atoms with Crippen molar-refractivity contribution in [1.29, 1.82) is 0 Å². The van der Waals surface area contributed by atoms with Gasteiger partial charge in [-0.1, -0.05) is 13.3 Å². The summed E-state index contributed by atoms with van der Waals surface area (Å²) in [5, 5.41) is 5.95. The van der Waals surface area contributed by atoms with Crippen LogP contribution in [0, 0.1) is 0 Å². The minimum Gasteiger partial charge on any atom is -0.372 e. The molecule has 2 aromatic rings. The number of rotatable bonds is 10. The topological polar surface area (TPSA) is 70.2 Å². The Labute approximate surface area is 149 Å². The Balaban J connectivity index is 1.79. The number of carbonyl (C=O) groups excluding carboxylic acids is 1. The third-order valence-electron chi connectivity index (χ3n) is 3.92. The van der Waals surface area contributed by atoms with Gasteiger partial charge in [0.2, 0.25) is 5.95 Å². The Morgan fingerprint density at radius 2 is 1.80 bits per heavy atom. The quantitative estimate of drug-likeness (QED) is 0.650. The van der Waals surface area contributed by atoms with Crippen molar-refractivity contribution in [3.63, 3.8) is 0 Å². The molecule has 0 bridgehead atoms. The van der Waals surface area contributed by atoms with Crippen molar-refractivity contribution in [2.24, 2.45) is 0 Å². The van der Waals surface area contributed by atoms with Gasteiger partial charge in [-0.15, -0.1) is 0 Å². The van der Waals surface area contributed by atoms with E-state index in [1.54, 1.807) is 18.5 Å². The van der Waals surface area contributed by atoms with Gasteiger partial charge in [0.05, 0.1) is 0 Å². The highest BCUT2D eigenvalue weighted by atomic mass is 16.1. The minimum atomic E-state index is -0.0704. The van der Waals surface area contributed by atoms with Gasteiger partial charge in [-0.05, 0) is 43.7 Å². The predicted octanol–water partition coefficient (Wildman–Crippen LogP) is 2.94. The maximum atomic E-state index is 12.2. The first kappa shape index (κ1) is 18.7. The monoisotopic (exact) mass is 341 g/mol. The fraction of sp³-hybridized carbons (Fsp3) is 0.421. The predicted molar refractivity (Wildman–Crippen MR) is 102 cm³/mol. The molecule has 0 aliphatic rings. The zero-order chi connectivity index (χ0) is 17.9. The number of aromatic nitrogens is 2. The van der Waals surface area contributed by atoms with Crippen molar-refractivity contribution >= 4 is 17.5 Å². The lowest BCUT2D eigenvalue weighted by Crippen LogP contribution is -2.29. The zero-order valence-corrected chi connectivity index (χ0v) is 15.0. The maximum absolute atomic E-state index is 12.2. The molecular formula is C19H27N5O. The number of hydrogen-bond donors (Lipinski definition) is 2. The molecule has 0 saturated heterocycles. The van der Waals surface area contributed by atoms with Crippen LogP contribution in [0.5, 0.6) is 0 Å². The molecule has 0 saturated carbocycles. The summed E-state index contributed by atoms with van der Waals surface area (Å²) in [5.74, 6) is 0.492. The average molecular weight is 341 g/mol. The largest absolute Gasteiger partial charge is 0.372 e. The van der Waals surface area contributed by atoms with Crippen molar-refractivity contribution in [2.75, 3.05) is 36.4 Å². The molecule has 0 fully saturated rings. The van der Waals surface area contributed by atoms with Crippen molar-refractivity contribution in [3.05, 3.63) is 48.3 Å². The number of hydrogen-bond acceptors (Lipinski definition) is 5. The molecule has 1 amide bonds. The third kappa shape index (κ3) is 6.06. The number of benzene rings is 1. The first-order chi connectivity index (χ1) is 12.2. The van der Waals surface area contributed by atoms with Gasteiger partial charge < -0.3 is 15.5 Å². The normalized spacial score (nSPS) is 10.3. The van der Waals surface area contributed by atoms with E-state index in [0.29, 0.717) is 24.6 Å². The Morgan fingerprint density at radius 3 is 2.44 bits per heavy atom. The van der Waals surface area contributed by atoms with Gasteiger partial charge in [0, 0.05) is 49.8 Å². The molecule has 6 nitrogen and oxygen atoms in total. The summed E-state index contributed by atoms with van der Waals surface area (Å²) >= 11 is 0. The van der Waals surface area contributed by atoms with Crippen molar-refractivity contribution in [1.82, 2.24) is 15.3 Å². The van der Waals surface area contributed by atoms with Crippen LogP contribution in [0.1, 0.15) is 37.0 Å².